The highest BCUT2D eigenvalue weighted by Crippen LogP contribution is 2.29. The zero-order valence-electron chi connectivity index (χ0n) is 20.6. The second kappa shape index (κ2) is 11.9. The summed E-state index contributed by atoms with van der Waals surface area (Å²) in [5, 5.41) is 3.90. The topological polar surface area (TPSA) is 83.7 Å². The molecule has 2 aromatic heterocycles. The highest BCUT2D eigenvalue weighted by atomic mass is 19.1. The molecule has 1 N–H and O–H groups in total. The van der Waals surface area contributed by atoms with Crippen molar-refractivity contribution < 1.29 is 18.3 Å². The van der Waals surface area contributed by atoms with Crippen molar-refractivity contribution in [2.75, 3.05) is 50.8 Å². The number of furan rings is 1. The molecule has 192 valence electrons. The van der Waals surface area contributed by atoms with Crippen LogP contribution in [-0.4, -0.2) is 66.7 Å². The van der Waals surface area contributed by atoms with Crippen LogP contribution in [-0.2, 0) is 16.1 Å². The molecule has 37 heavy (non-hydrogen) atoms. The molecule has 0 spiro atoms. The summed E-state index contributed by atoms with van der Waals surface area (Å²) < 4.78 is 24.5. The van der Waals surface area contributed by atoms with Gasteiger partial charge in [0.2, 0.25) is 5.91 Å². The number of hydrogen-bond acceptors (Lipinski definition) is 7. The number of hydrogen-bond donors (Lipinski definition) is 1. The largest absolute Gasteiger partial charge is 0.467 e. The Labute approximate surface area is 215 Å². The second-order valence-electron chi connectivity index (χ2n) is 8.95. The Balaban J connectivity index is 1.36. The molecule has 5 rings (SSSR count). The number of ether oxygens (including phenoxy) is 1. The molecule has 1 amide bonds. The van der Waals surface area contributed by atoms with Gasteiger partial charge in [-0.25, -0.2) is 14.4 Å². The van der Waals surface area contributed by atoms with Crippen molar-refractivity contribution in [1.82, 2.24) is 20.2 Å². The summed E-state index contributed by atoms with van der Waals surface area (Å²) in [4.78, 5) is 26.7. The van der Waals surface area contributed by atoms with E-state index in [4.69, 9.17) is 19.1 Å². The van der Waals surface area contributed by atoms with E-state index >= 15 is 0 Å². The van der Waals surface area contributed by atoms with Gasteiger partial charge in [-0.1, -0.05) is 12.1 Å². The van der Waals surface area contributed by atoms with Gasteiger partial charge in [0.25, 0.3) is 0 Å². The number of aromatic nitrogens is 2. The van der Waals surface area contributed by atoms with Crippen LogP contribution in [0.25, 0.3) is 22.3 Å². The lowest BCUT2D eigenvalue weighted by Crippen LogP contribution is -2.41. The number of fused-ring (bicyclic) bond motifs is 1. The van der Waals surface area contributed by atoms with Gasteiger partial charge in [0.15, 0.2) is 5.82 Å². The summed E-state index contributed by atoms with van der Waals surface area (Å²) in [6.45, 7) is 5.55. The van der Waals surface area contributed by atoms with Crippen LogP contribution in [0, 0.1) is 5.82 Å². The van der Waals surface area contributed by atoms with E-state index in [0.29, 0.717) is 43.3 Å². The first-order valence-electron chi connectivity index (χ1n) is 12.5. The Morgan fingerprint density at radius 2 is 1.84 bits per heavy atom. The molecular weight excluding hydrogens is 473 g/mol. The summed E-state index contributed by atoms with van der Waals surface area (Å²) in [6.07, 6.45) is 1.93. The van der Waals surface area contributed by atoms with Crippen LogP contribution in [0.15, 0.2) is 71.3 Å². The number of nitrogens with zero attached hydrogens (tertiary/aromatic N) is 4. The van der Waals surface area contributed by atoms with Crippen LogP contribution in [0.5, 0.6) is 0 Å². The summed E-state index contributed by atoms with van der Waals surface area (Å²) >= 11 is 0. The maximum atomic E-state index is 13.5. The van der Waals surface area contributed by atoms with Crippen LogP contribution in [0.3, 0.4) is 0 Å². The summed E-state index contributed by atoms with van der Waals surface area (Å²) in [7, 11) is 0. The summed E-state index contributed by atoms with van der Waals surface area (Å²) in [5.74, 6) is 1.62. The summed E-state index contributed by atoms with van der Waals surface area (Å²) in [5.41, 5.74) is 1.48. The molecule has 1 fully saturated rings. The van der Waals surface area contributed by atoms with E-state index in [9.17, 15) is 9.18 Å². The molecule has 1 saturated heterocycles. The fraction of sp³-hybridized carbons (Fsp3) is 0.321. The molecule has 4 aromatic rings. The first-order chi connectivity index (χ1) is 18.2. The molecule has 2 aromatic carbocycles. The van der Waals surface area contributed by atoms with Gasteiger partial charge in [-0.05, 0) is 48.5 Å². The molecule has 0 unspecified atom stereocenters. The SMILES string of the molecule is O=C(CCN(Cc1ccco1)c1nc(-c2ccc(F)cc2)nc2ccccc12)NCCN1CCOCC1. The fourth-order valence-corrected chi connectivity index (χ4v) is 4.38. The van der Waals surface area contributed by atoms with Crippen molar-refractivity contribution in [2.45, 2.75) is 13.0 Å². The zero-order chi connectivity index (χ0) is 25.5. The number of nitrogens with one attached hydrogen (secondary N) is 1. The quantitative estimate of drug-likeness (QED) is 0.352. The van der Waals surface area contributed by atoms with Gasteiger partial charge in [0.1, 0.15) is 17.4 Å². The normalized spacial score (nSPS) is 14.1. The highest BCUT2D eigenvalue weighted by Gasteiger charge is 2.18. The van der Waals surface area contributed by atoms with Crippen molar-refractivity contribution in [3.05, 3.63) is 78.5 Å². The van der Waals surface area contributed by atoms with E-state index in [0.717, 1.165) is 49.5 Å². The fourth-order valence-electron chi connectivity index (χ4n) is 4.38. The number of carbonyl (C=O) groups is 1. The Kier molecular flexibility index (Phi) is 8.02. The Bertz CT molecular complexity index is 1310. The minimum atomic E-state index is -0.316. The third-order valence-corrected chi connectivity index (χ3v) is 6.37. The Morgan fingerprint density at radius 3 is 2.62 bits per heavy atom. The number of para-hydroxylation sites is 1. The minimum absolute atomic E-state index is 0.0187. The van der Waals surface area contributed by atoms with Gasteiger partial charge >= 0.3 is 0 Å². The van der Waals surface area contributed by atoms with Crippen molar-refractivity contribution in [1.29, 1.82) is 0 Å². The van der Waals surface area contributed by atoms with E-state index < -0.39 is 0 Å². The van der Waals surface area contributed by atoms with Crippen molar-refractivity contribution >= 4 is 22.6 Å². The number of halogens is 1. The van der Waals surface area contributed by atoms with E-state index in [1.807, 2.05) is 41.3 Å². The smallest absolute Gasteiger partial charge is 0.221 e. The Hall–Kier alpha value is -3.82. The highest BCUT2D eigenvalue weighted by molar-refractivity contribution is 5.91. The molecule has 0 radical (unpaired) electrons. The molecular formula is C28H30FN5O3. The van der Waals surface area contributed by atoms with Crippen LogP contribution >= 0.6 is 0 Å². The molecule has 1 aliphatic rings. The minimum Gasteiger partial charge on any atom is -0.467 e. The van der Waals surface area contributed by atoms with Crippen LogP contribution in [0.2, 0.25) is 0 Å². The average Bonchev–Trinajstić information content (AvgIpc) is 3.45. The molecule has 3 heterocycles. The lowest BCUT2D eigenvalue weighted by Gasteiger charge is -2.27. The van der Waals surface area contributed by atoms with E-state index in [2.05, 4.69) is 10.2 Å². The molecule has 0 bridgehead atoms. The lowest BCUT2D eigenvalue weighted by atomic mass is 10.1. The van der Waals surface area contributed by atoms with Crippen LogP contribution in [0.1, 0.15) is 12.2 Å². The van der Waals surface area contributed by atoms with Gasteiger partial charge in [-0.2, -0.15) is 0 Å². The number of amides is 1. The van der Waals surface area contributed by atoms with E-state index in [1.165, 1.54) is 12.1 Å². The molecule has 0 atom stereocenters. The number of rotatable bonds is 10. The van der Waals surface area contributed by atoms with Crippen molar-refractivity contribution in [3.63, 3.8) is 0 Å². The Morgan fingerprint density at radius 1 is 1.03 bits per heavy atom. The molecule has 1 aliphatic heterocycles. The monoisotopic (exact) mass is 503 g/mol. The van der Waals surface area contributed by atoms with Crippen molar-refractivity contribution in [2.24, 2.45) is 0 Å². The molecule has 0 saturated carbocycles. The zero-order valence-corrected chi connectivity index (χ0v) is 20.6. The number of anilines is 1. The predicted octanol–water partition coefficient (Wildman–Crippen LogP) is 3.87. The van der Waals surface area contributed by atoms with Gasteiger partial charge in [-0.15, -0.1) is 0 Å². The van der Waals surface area contributed by atoms with E-state index in [-0.39, 0.29) is 11.7 Å². The third kappa shape index (κ3) is 6.49. The van der Waals surface area contributed by atoms with Crippen molar-refractivity contribution in [3.8, 4) is 11.4 Å². The predicted molar refractivity (Wildman–Crippen MR) is 140 cm³/mol. The number of morpholine rings is 1. The first kappa shape index (κ1) is 24.9. The van der Waals surface area contributed by atoms with Gasteiger partial charge in [0, 0.05) is 50.1 Å². The first-order valence-corrected chi connectivity index (χ1v) is 12.5. The third-order valence-electron chi connectivity index (χ3n) is 6.37. The number of benzene rings is 2. The van der Waals surface area contributed by atoms with E-state index in [1.54, 1.807) is 18.4 Å². The van der Waals surface area contributed by atoms with Crippen LogP contribution < -0.4 is 10.2 Å². The molecule has 9 heteroatoms. The van der Waals surface area contributed by atoms with Gasteiger partial charge in [-0.3, -0.25) is 9.69 Å². The number of carbonyl (C=O) groups excluding carboxylic acids is 1. The second-order valence-corrected chi connectivity index (χ2v) is 8.95. The molecule has 0 aliphatic carbocycles. The van der Waals surface area contributed by atoms with Gasteiger partial charge < -0.3 is 19.4 Å². The lowest BCUT2D eigenvalue weighted by molar-refractivity contribution is -0.121. The maximum Gasteiger partial charge on any atom is 0.221 e. The molecule has 8 nitrogen and oxygen atoms in total. The summed E-state index contributed by atoms with van der Waals surface area (Å²) in [6, 6.07) is 17.6. The standard InChI is InChI=1S/C28H30FN5O3/c29-22-9-7-21(8-10-22)27-31-25-6-2-1-5-24(25)28(32-27)34(20-23-4-3-17-37-23)13-11-26(35)30-12-14-33-15-18-36-19-16-33/h1-10,17H,11-16,18-20H2,(H,30,35). The average molecular weight is 504 g/mol. The van der Waals surface area contributed by atoms with Gasteiger partial charge in [0.05, 0.1) is 31.5 Å². The maximum absolute atomic E-state index is 13.5. The van der Waals surface area contributed by atoms with Crippen LogP contribution in [0.4, 0.5) is 10.2 Å².